The van der Waals surface area contributed by atoms with Gasteiger partial charge in [0.05, 0.1) is 7.11 Å². The van der Waals surface area contributed by atoms with Crippen LogP contribution in [0.4, 0.5) is 5.13 Å². The molecule has 0 aliphatic carbocycles. The van der Waals surface area contributed by atoms with E-state index in [1.807, 2.05) is 41.6 Å². The van der Waals surface area contributed by atoms with Crippen molar-refractivity contribution < 1.29 is 13.9 Å². The number of carbonyl (C=O) groups is 1. The molecule has 0 spiro atoms. The third kappa shape index (κ3) is 2.84. The highest BCUT2D eigenvalue weighted by Crippen LogP contribution is 2.29. The third-order valence-corrected chi connectivity index (χ3v) is 5.43. The highest BCUT2D eigenvalue weighted by atomic mass is 32.1. The molecule has 2 aromatic heterocycles. The Balaban J connectivity index is 1.53. The number of aryl methyl sites for hydroxylation is 1. The summed E-state index contributed by atoms with van der Waals surface area (Å²) in [6.45, 7) is 4.83. The number of nitrogens with zero attached hydrogens (tertiary/aromatic N) is 3. The second-order valence-electron chi connectivity index (χ2n) is 6.01. The number of hydrogen-bond donors (Lipinski definition) is 0. The second-order valence-corrected chi connectivity index (χ2v) is 6.89. The van der Waals surface area contributed by atoms with Crippen LogP contribution >= 0.6 is 11.3 Å². The topological polar surface area (TPSA) is 58.8 Å². The Morgan fingerprint density at radius 1 is 1.28 bits per heavy atom. The molecule has 0 atom stereocenters. The summed E-state index contributed by atoms with van der Waals surface area (Å²) < 4.78 is 11.1. The number of carbonyl (C=O) groups excluding carboxylic acids is 1. The van der Waals surface area contributed by atoms with Crippen molar-refractivity contribution in [3.8, 4) is 5.75 Å². The molecule has 6 nitrogen and oxygen atoms in total. The number of rotatable bonds is 3. The molecule has 3 aromatic rings. The number of anilines is 1. The monoisotopic (exact) mass is 357 g/mol. The summed E-state index contributed by atoms with van der Waals surface area (Å²) in [6, 6.07) is 5.63. The van der Waals surface area contributed by atoms with Crippen LogP contribution in [0.3, 0.4) is 0 Å². The third-order valence-electron chi connectivity index (χ3n) is 4.60. The maximum absolute atomic E-state index is 12.9. The molecule has 0 N–H and O–H groups in total. The lowest BCUT2D eigenvalue weighted by Gasteiger charge is -2.34. The quantitative estimate of drug-likeness (QED) is 0.721. The molecule has 1 fully saturated rings. The van der Waals surface area contributed by atoms with Gasteiger partial charge in [0.15, 0.2) is 10.9 Å². The summed E-state index contributed by atoms with van der Waals surface area (Å²) in [5.74, 6) is 1.09. The van der Waals surface area contributed by atoms with Gasteiger partial charge in [-0.25, -0.2) is 4.98 Å². The Hall–Kier alpha value is -2.54. The van der Waals surface area contributed by atoms with E-state index in [0.717, 1.165) is 34.9 Å². The fourth-order valence-corrected chi connectivity index (χ4v) is 3.85. The lowest BCUT2D eigenvalue weighted by Crippen LogP contribution is -2.48. The molecule has 1 saturated heterocycles. The summed E-state index contributed by atoms with van der Waals surface area (Å²) in [7, 11) is 1.62. The van der Waals surface area contributed by atoms with Gasteiger partial charge < -0.3 is 19.0 Å². The van der Waals surface area contributed by atoms with E-state index >= 15 is 0 Å². The van der Waals surface area contributed by atoms with Crippen LogP contribution in [-0.4, -0.2) is 49.1 Å². The normalized spacial score (nSPS) is 15.0. The smallest absolute Gasteiger partial charge is 0.290 e. The fraction of sp³-hybridized carbons (Fsp3) is 0.333. The Bertz CT molecular complexity index is 896. The van der Waals surface area contributed by atoms with E-state index < -0.39 is 0 Å². The van der Waals surface area contributed by atoms with Crippen molar-refractivity contribution in [3.63, 3.8) is 0 Å². The molecular weight excluding hydrogens is 338 g/mol. The van der Waals surface area contributed by atoms with E-state index in [1.54, 1.807) is 18.4 Å². The van der Waals surface area contributed by atoms with E-state index in [-0.39, 0.29) is 5.91 Å². The first-order chi connectivity index (χ1) is 12.2. The number of fused-ring (bicyclic) bond motifs is 1. The number of amides is 1. The van der Waals surface area contributed by atoms with Crippen molar-refractivity contribution in [2.24, 2.45) is 0 Å². The number of hydrogen-bond acceptors (Lipinski definition) is 6. The summed E-state index contributed by atoms with van der Waals surface area (Å²) in [4.78, 5) is 21.3. The van der Waals surface area contributed by atoms with Crippen LogP contribution in [0.5, 0.6) is 5.75 Å². The zero-order valence-electron chi connectivity index (χ0n) is 14.2. The lowest BCUT2D eigenvalue weighted by molar-refractivity contribution is 0.0716. The van der Waals surface area contributed by atoms with E-state index in [2.05, 4.69) is 9.88 Å². The molecule has 0 saturated carbocycles. The van der Waals surface area contributed by atoms with Gasteiger partial charge in [-0.3, -0.25) is 4.79 Å². The van der Waals surface area contributed by atoms with Gasteiger partial charge in [-0.05, 0) is 19.1 Å². The molecule has 1 aliphatic rings. The Labute approximate surface area is 149 Å². The highest BCUT2D eigenvalue weighted by molar-refractivity contribution is 7.13. The number of piperazine rings is 1. The van der Waals surface area contributed by atoms with E-state index in [9.17, 15) is 4.79 Å². The first-order valence-electron chi connectivity index (χ1n) is 8.18. The summed E-state index contributed by atoms with van der Waals surface area (Å²) in [5.41, 5.74) is 1.56. The average Bonchev–Trinajstić information content (AvgIpc) is 3.29. The number of benzene rings is 1. The van der Waals surface area contributed by atoms with Gasteiger partial charge >= 0.3 is 0 Å². The van der Waals surface area contributed by atoms with Crippen LogP contribution < -0.4 is 9.64 Å². The SMILES string of the molecule is COc1ccc2c(C)c(C(=O)N3CCN(c4nccs4)CC3)oc2c1. The second kappa shape index (κ2) is 6.40. The van der Waals surface area contributed by atoms with Crippen molar-refractivity contribution in [1.82, 2.24) is 9.88 Å². The number of thiazole rings is 1. The summed E-state index contributed by atoms with van der Waals surface area (Å²) >= 11 is 1.63. The zero-order chi connectivity index (χ0) is 17.4. The largest absolute Gasteiger partial charge is 0.497 e. The highest BCUT2D eigenvalue weighted by Gasteiger charge is 2.27. The Morgan fingerprint density at radius 2 is 2.08 bits per heavy atom. The predicted molar refractivity (Wildman–Crippen MR) is 97.7 cm³/mol. The molecule has 3 heterocycles. The molecule has 1 aromatic carbocycles. The van der Waals surface area contributed by atoms with E-state index in [0.29, 0.717) is 24.4 Å². The van der Waals surface area contributed by atoms with Crippen LogP contribution in [-0.2, 0) is 0 Å². The minimum Gasteiger partial charge on any atom is -0.497 e. The number of methoxy groups -OCH3 is 1. The van der Waals surface area contributed by atoms with Crippen molar-refractivity contribution >= 4 is 33.3 Å². The molecule has 1 aliphatic heterocycles. The van der Waals surface area contributed by atoms with Gasteiger partial charge in [0, 0.05) is 54.8 Å². The van der Waals surface area contributed by atoms with Gasteiger partial charge in [-0.2, -0.15) is 0 Å². The van der Waals surface area contributed by atoms with Crippen LogP contribution in [0.15, 0.2) is 34.2 Å². The summed E-state index contributed by atoms with van der Waals surface area (Å²) in [6.07, 6.45) is 1.81. The van der Waals surface area contributed by atoms with Crippen LogP contribution in [0, 0.1) is 6.92 Å². The van der Waals surface area contributed by atoms with Crippen LogP contribution in [0.25, 0.3) is 11.0 Å². The molecule has 7 heteroatoms. The number of ether oxygens (including phenoxy) is 1. The maximum Gasteiger partial charge on any atom is 0.290 e. The number of furan rings is 1. The van der Waals surface area contributed by atoms with Crippen molar-refractivity contribution in [2.75, 3.05) is 38.2 Å². The van der Waals surface area contributed by atoms with Crippen molar-refractivity contribution in [1.29, 1.82) is 0 Å². The van der Waals surface area contributed by atoms with Gasteiger partial charge in [-0.15, -0.1) is 11.3 Å². The standard InChI is InChI=1S/C18H19N3O3S/c1-12-14-4-3-13(23-2)11-15(14)24-16(12)17(22)20-6-8-21(9-7-20)18-19-5-10-25-18/h3-5,10-11H,6-9H2,1-2H3. The molecule has 0 radical (unpaired) electrons. The maximum atomic E-state index is 12.9. The molecule has 0 unspecified atom stereocenters. The van der Waals surface area contributed by atoms with E-state index in [4.69, 9.17) is 9.15 Å². The molecule has 130 valence electrons. The first kappa shape index (κ1) is 16.0. The Morgan fingerprint density at radius 3 is 2.76 bits per heavy atom. The predicted octanol–water partition coefficient (Wildman–Crippen LogP) is 3.17. The van der Waals surface area contributed by atoms with Gasteiger partial charge in [-0.1, -0.05) is 0 Å². The zero-order valence-corrected chi connectivity index (χ0v) is 15.0. The molecular formula is C18H19N3O3S. The first-order valence-corrected chi connectivity index (χ1v) is 9.06. The van der Waals surface area contributed by atoms with E-state index in [1.165, 1.54) is 0 Å². The van der Waals surface area contributed by atoms with Gasteiger partial charge in [0.2, 0.25) is 0 Å². The van der Waals surface area contributed by atoms with Crippen LogP contribution in [0.1, 0.15) is 16.1 Å². The van der Waals surface area contributed by atoms with Crippen molar-refractivity contribution in [3.05, 3.63) is 41.1 Å². The number of aromatic nitrogens is 1. The molecule has 1 amide bonds. The van der Waals surface area contributed by atoms with Gasteiger partial charge in [0.25, 0.3) is 5.91 Å². The minimum absolute atomic E-state index is 0.0496. The molecule has 0 bridgehead atoms. The fourth-order valence-electron chi connectivity index (χ4n) is 3.15. The lowest BCUT2D eigenvalue weighted by atomic mass is 10.1. The van der Waals surface area contributed by atoms with Crippen molar-refractivity contribution in [2.45, 2.75) is 6.92 Å². The Kier molecular flexibility index (Phi) is 4.09. The van der Waals surface area contributed by atoms with Crippen LogP contribution in [0.2, 0.25) is 0 Å². The van der Waals surface area contributed by atoms with Gasteiger partial charge in [0.1, 0.15) is 11.3 Å². The molecule has 4 rings (SSSR count). The average molecular weight is 357 g/mol. The molecule has 25 heavy (non-hydrogen) atoms. The minimum atomic E-state index is -0.0496. The summed E-state index contributed by atoms with van der Waals surface area (Å²) in [5, 5.41) is 3.93.